The van der Waals surface area contributed by atoms with E-state index in [1.165, 1.54) is 17.5 Å². The average molecular weight is 402 g/mol. The molecular formula is C18H16ClN5O2S. The molecule has 0 aliphatic carbocycles. The summed E-state index contributed by atoms with van der Waals surface area (Å²) in [5.74, 6) is -0.398. The number of para-hydroxylation sites is 1. The quantitative estimate of drug-likeness (QED) is 0.718. The molecule has 1 aliphatic rings. The van der Waals surface area contributed by atoms with E-state index in [4.69, 9.17) is 16.3 Å². The lowest BCUT2D eigenvalue weighted by Crippen LogP contribution is -2.37. The molecule has 1 aromatic carbocycles. The predicted molar refractivity (Wildman–Crippen MR) is 103 cm³/mol. The van der Waals surface area contributed by atoms with Gasteiger partial charge in [0.15, 0.2) is 0 Å². The van der Waals surface area contributed by atoms with Gasteiger partial charge in [-0.25, -0.2) is 15.0 Å². The van der Waals surface area contributed by atoms with E-state index in [-0.39, 0.29) is 10.7 Å². The number of aliphatic hydroxyl groups is 1. The Morgan fingerprint density at radius 1 is 1.26 bits per heavy atom. The van der Waals surface area contributed by atoms with Crippen LogP contribution in [-0.4, -0.2) is 46.4 Å². The first-order valence-corrected chi connectivity index (χ1v) is 9.65. The van der Waals surface area contributed by atoms with Gasteiger partial charge in [-0.15, -0.1) is 11.3 Å². The molecule has 27 heavy (non-hydrogen) atoms. The number of ether oxygens (including phenoxy) is 1. The molecule has 1 fully saturated rings. The van der Waals surface area contributed by atoms with Crippen molar-refractivity contribution < 1.29 is 9.84 Å². The first kappa shape index (κ1) is 18.1. The molecule has 0 spiro atoms. The highest BCUT2D eigenvalue weighted by atomic mass is 35.5. The molecule has 0 saturated carbocycles. The van der Waals surface area contributed by atoms with Gasteiger partial charge in [0.25, 0.3) is 0 Å². The summed E-state index contributed by atoms with van der Waals surface area (Å²) in [5, 5.41) is 21.3. The molecule has 9 heteroatoms. The van der Waals surface area contributed by atoms with Gasteiger partial charge in [-0.1, -0.05) is 23.7 Å². The second-order valence-electron chi connectivity index (χ2n) is 6.07. The zero-order chi connectivity index (χ0) is 18.8. The number of halogens is 1. The van der Waals surface area contributed by atoms with Crippen LogP contribution >= 0.6 is 22.9 Å². The standard InChI is InChI=1S/C18H16ClN5O2S/c19-12-10-21-18(24-5-7-26-8-6-24)23-15(12)16(25)11(9-20)17-22-13-3-1-2-4-14(13)27-17/h1-4,10-11,16,25H,5-8H2. The van der Waals surface area contributed by atoms with Crippen molar-refractivity contribution in [3.05, 3.63) is 46.2 Å². The van der Waals surface area contributed by atoms with Crippen LogP contribution in [0.1, 0.15) is 22.7 Å². The highest BCUT2D eigenvalue weighted by Gasteiger charge is 2.30. The minimum Gasteiger partial charge on any atom is -0.385 e. The summed E-state index contributed by atoms with van der Waals surface area (Å²) < 4.78 is 6.30. The Labute approximate surface area is 164 Å². The second kappa shape index (κ2) is 7.74. The molecule has 7 nitrogen and oxygen atoms in total. The molecule has 3 heterocycles. The fourth-order valence-corrected chi connectivity index (χ4v) is 4.18. The summed E-state index contributed by atoms with van der Waals surface area (Å²) in [5.41, 5.74) is 1.03. The van der Waals surface area contributed by atoms with Crippen LogP contribution in [0.5, 0.6) is 0 Å². The van der Waals surface area contributed by atoms with E-state index < -0.39 is 12.0 Å². The van der Waals surface area contributed by atoms with Crippen molar-refractivity contribution >= 4 is 39.1 Å². The fourth-order valence-electron chi connectivity index (χ4n) is 2.94. The minimum absolute atomic E-state index is 0.223. The van der Waals surface area contributed by atoms with Gasteiger partial charge >= 0.3 is 0 Å². The average Bonchev–Trinajstić information content (AvgIpc) is 3.13. The molecule has 3 aromatic rings. The Morgan fingerprint density at radius 3 is 2.78 bits per heavy atom. The Balaban J connectivity index is 1.67. The molecule has 0 bridgehead atoms. The number of fused-ring (bicyclic) bond motifs is 1. The number of anilines is 1. The molecule has 2 aromatic heterocycles. The fraction of sp³-hybridized carbons (Fsp3) is 0.333. The lowest BCUT2D eigenvalue weighted by atomic mass is 10.0. The van der Waals surface area contributed by atoms with Gasteiger partial charge in [0.05, 0.1) is 46.4 Å². The number of hydrogen-bond donors (Lipinski definition) is 1. The molecule has 1 saturated heterocycles. The summed E-state index contributed by atoms with van der Waals surface area (Å²) in [7, 11) is 0. The highest BCUT2D eigenvalue weighted by molar-refractivity contribution is 7.18. The third-order valence-electron chi connectivity index (χ3n) is 4.36. The minimum atomic E-state index is -1.20. The zero-order valence-electron chi connectivity index (χ0n) is 14.2. The van der Waals surface area contributed by atoms with Crippen LogP contribution in [0.25, 0.3) is 10.2 Å². The third-order valence-corrected chi connectivity index (χ3v) is 5.77. The second-order valence-corrected chi connectivity index (χ2v) is 7.54. The van der Waals surface area contributed by atoms with Gasteiger partial charge in [-0.05, 0) is 12.1 Å². The van der Waals surface area contributed by atoms with E-state index in [0.717, 1.165) is 10.2 Å². The summed E-state index contributed by atoms with van der Waals surface area (Å²) >= 11 is 7.63. The number of aromatic nitrogens is 3. The Kier molecular flexibility index (Phi) is 5.18. The number of thiazole rings is 1. The van der Waals surface area contributed by atoms with Crippen molar-refractivity contribution in [2.45, 2.75) is 12.0 Å². The van der Waals surface area contributed by atoms with E-state index >= 15 is 0 Å². The van der Waals surface area contributed by atoms with E-state index in [0.29, 0.717) is 37.3 Å². The molecule has 0 amide bonds. The smallest absolute Gasteiger partial charge is 0.225 e. The van der Waals surface area contributed by atoms with Crippen molar-refractivity contribution in [3.8, 4) is 6.07 Å². The van der Waals surface area contributed by atoms with Gasteiger partial charge in [-0.2, -0.15) is 5.26 Å². The number of nitrogens with zero attached hydrogens (tertiary/aromatic N) is 5. The van der Waals surface area contributed by atoms with Gasteiger partial charge in [-0.3, -0.25) is 0 Å². The number of nitriles is 1. The lowest BCUT2D eigenvalue weighted by molar-refractivity contribution is 0.121. The van der Waals surface area contributed by atoms with Crippen LogP contribution in [0.2, 0.25) is 5.02 Å². The molecule has 4 rings (SSSR count). The molecule has 0 radical (unpaired) electrons. The number of hydrogen-bond acceptors (Lipinski definition) is 8. The monoisotopic (exact) mass is 401 g/mol. The van der Waals surface area contributed by atoms with Gasteiger partial charge < -0.3 is 14.7 Å². The van der Waals surface area contributed by atoms with E-state index in [1.54, 1.807) is 0 Å². The summed E-state index contributed by atoms with van der Waals surface area (Å²) in [6.07, 6.45) is 0.260. The Morgan fingerprint density at radius 2 is 2.04 bits per heavy atom. The largest absolute Gasteiger partial charge is 0.385 e. The summed E-state index contributed by atoms with van der Waals surface area (Å²) in [6.45, 7) is 2.51. The van der Waals surface area contributed by atoms with Crippen molar-refractivity contribution in [1.29, 1.82) is 5.26 Å². The van der Waals surface area contributed by atoms with Crippen LogP contribution < -0.4 is 4.90 Å². The van der Waals surface area contributed by atoms with Crippen LogP contribution in [0.3, 0.4) is 0 Å². The van der Waals surface area contributed by atoms with Gasteiger partial charge in [0, 0.05) is 13.1 Å². The Bertz CT molecular complexity index is 966. The van der Waals surface area contributed by atoms with Crippen molar-refractivity contribution in [3.63, 3.8) is 0 Å². The summed E-state index contributed by atoms with van der Waals surface area (Å²) in [6, 6.07) is 9.77. The molecule has 2 atom stereocenters. The van der Waals surface area contributed by atoms with Crippen LogP contribution in [-0.2, 0) is 4.74 Å². The maximum absolute atomic E-state index is 10.9. The first-order valence-electron chi connectivity index (χ1n) is 8.45. The zero-order valence-corrected chi connectivity index (χ0v) is 15.8. The number of morpholine rings is 1. The SMILES string of the molecule is N#CC(c1nc2ccccc2s1)C(O)c1nc(N2CCOCC2)ncc1Cl. The molecule has 138 valence electrons. The Hall–Kier alpha value is -2.31. The number of benzene rings is 1. The van der Waals surface area contributed by atoms with Crippen molar-refractivity contribution in [1.82, 2.24) is 15.0 Å². The van der Waals surface area contributed by atoms with E-state index in [2.05, 4.69) is 21.0 Å². The van der Waals surface area contributed by atoms with Gasteiger partial charge in [0.1, 0.15) is 17.0 Å². The molecule has 1 aliphatic heterocycles. The van der Waals surface area contributed by atoms with E-state index in [9.17, 15) is 10.4 Å². The maximum atomic E-state index is 10.9. The van der Waals surface area contributed by atoms with E-state index in [1.807, 2.05) is 29.2 Å². The first-order chi connectivity index (χ1) is 13.2. The summed E-state index contributed by atoms with van der Waals surface area (Å²) in [4.78, 5) is 15.2. The van der Waals surface area contributed by atoms with Crippen LogP contribution in [0, 0.1) is 11.3 Å². The molecule has 2 unspecified atom stereocenters. The highest BCUT2D eigenvalue weighted by Crippen LogP contribution is 2.37. The predicted octanol–water partition coefficient (Wildman–Crippen LogP) is 2.92. The van der Waals surface area contributed by atoms with Crippen molar-refractivity contribution in [2.24, 2.45) is 0 Å². The molecule has 1 N–H and O–H groups in total. The topological polar surface area (TPSA) is 95.2 Å². The normalized spacial score (nSPS) is 16.9. The third kappa shape index (κ3) is 3.59. The van der Waals surface area contributed by atoms with Gasteiger partial charge in [0.2, 0.25) is 5.95 Å². The lowest BCUT2D eigenvalue weighted by Gasteiger charge is -2.27. The van der Waals surface area contributed by atoms with Crippen LogP contribution in [0.15, 0.2) is 30.5 Å². The van der Waals surface area contributed by atoms with Crippen LogP contribution in [0.4, 0.5) is 5.95 Å². The molecular weight excluding hydrogens is 386 g/mol. The number of aliphatic hydroxyl groups excluding tert-OH is 1. The number of rotatable bonds is 4. The maximum Gasteiger partial charge on any atom is 0.225 e. The van der Waals surface area contributed by atoms with Crippen molar-refractivity contribution in [2.75, 3.05) is 31.2 Å².